The lowest BCUT2D eigenvalue weighted by Gasteiger charge is -2.16. The maximum atomic E-state index is 6.20. The molecular weight excluding hydrogens is 394 g/mol. The van der Waals surface area contributed by atoms with E-state index in [4.69, 9.17) is 23.9 Å². The number of nitrogens with zero attached hydrogens (tertiary/aromatic N) is 1. The van der Waals surface area contributed by atoms with E-state index < -0.39 is 0 Å². The van der Waals surface area contributed by atoms with E-state index in [0.29, 0.717) is 19.9 Å². The molecule has 166 valence electrons. The first kappa shape index (κ1) is 21.3. The van der Waals surface area contributed by atoms with E-state index in [2.05, 4.69) is 48.7 Å². The van der Waals surface area contributed by atoms with Crippen LogP contribution in [0.2, 0.25) is 0 Å². The molecule has 1 unspecified atom stereocenters. The summed E-state index contributed by atoms with van der Waals surface area (Å²) in [6.45, 7) is 7.97. The zero-order valence-corrected chi connectivity index (χ0v) is 18.3. The fraction of sp³-hybridized carbons (Fsp3) is 0.458. The van der Waals surface area contributed by atoms with Crippen LogP contribution < -0.4 is 24.8 Å². The third kappa shape index (κ3) is 5.82. The van der Waals surface area contributed by atoms with Gasteiger partial charge in [0.1, 0.15) is 11.9 Å². The molecule has 0 aliphatic carbocycles. The highest BCUT2D eigenvalue weighted by Gasteiger charge is 2.19. The molecule has 2 aliphatic rings. The van der Waals surface area contributed by atoms with Gasteiger partial charge < -0.3 is 29.6 Å². The van der Waals surface area contributed by atoms with Crippen LogP contribution in [0.15, 0.2) is 41.4 Å². The van der Waals surface area contributed by atoms with Gasteiger partial charge in [-0.1, -0.05) is 18.2 Å². The minimum absolute atomic E-state index is 0.123. The van der Waals surface area contributed by atoms with Crippen molar-refractivity contribution in [3.8, 4) is 17.2 Å². The Hall–Kier alpha value is -2.93. The maximum absolute atomic E-state index is 6.20. The van der Waals surface area contributed by atoms with Crippen LogP contribution >= 0.6 is 0 Å². The van der Waals surface area contributed by atoms with E-state index in [-0.39, 0.29) is 6.10 Å². The normalized spacial score (nSPS) is 17.6. The van der Waals surface area contributed by atoms with Crippen molar-refractivity contribution in [3.05, 3.63) is 53.1 Å². The molecule has 2 aromatic rings. The number of aliphatic imine (C=N–C) groups is 1. The van der Waals surface area contributed by atoms with Crippen LogP contribution in [0.1, 0.15) is 30.0 Å². The zero-order chi connectivity index (χ0) is 21.5. The SMILES string of the molecule is CCNC(=NCc1ccc(C)cc1OC1CCOC1)NCCc1ccc2c(c1)OCO2. The van der Waals surface area contributed by atoms with Crippen LogP contribution in [0.5, 0.6) is 17.2 Å². The van der Waals surface area contributed by atoms with E-state index in [0.717, 1.165) is 61.3 Å². The molecule has 2 heterocycles. The smallest absolute Gasteiger partial charge is 0.231 e. The standard InChI is InChI=1S/C24H31N3O4/c1-3-25-24(26-10-8-18-5-7-21-23(13-18)30-16-29-21)27-14-19-6-4-17(2)12-22(19)31-20-9-11-28-15-20/h4-7,12-13,20H,3,8-11,14-16H2,1-2H3,(H2,25,26,27). The summed E-state index contributed by atoms with van der Waals surface area (Å²) in [4.78, 5) is 4.78. The van der Waals surface area contributed by atoms with Gasteiger partial charge in [-0.3, -0.25) is 0 Å². The van der Waals surface area contributed by atoms with Gasteiger partial charge in [0, 0.05) is 25.1 Å². The Morgan fingerprint density at radius 1 is 1.13 bits per heavy atom. The third-order valence-corrected chi connectivity index (χ3v) is 5.30. The lowest BCUT2D eigenvalue weighted by molar-refractivity contribution is 0.140. The molecule has 0 saturated carbocycles. The van der Waals surface area contributed by atoms with Crippen molar-refractivity contribution in [2.75, 3.05) is 33.1 Å². The lowest BCUT2D eigenvalue weighted by Crippen LogP contribution is -2.38. The number of hydrogen-bond donors (Lipinski definition) is 2. The minimum atomic E-state index is 0.123. The largest absolute Gasteiger partial charge is 0.488 e. The molecule has 1 atom stereocenters. The van der Waals surface area contributed by atoms with Gasteiger partial charge in [-0.2, -0.15) is 0 Å². The van der Waals surface area contributed by atoms with Crippen molar-refractivity contribution in [3.63, 3.8) is 0 Å². The van der Waals surface area contributed by atoms with Crippen LogP contribution in [-0.2, 0) is 17.7 Å². The molecule has 31 heavy (non-hydrogen) atoms. The molecule has 2 N–H and O–H groups in total. The monoisotopic (exact) mass is 425 g/mol. The summed E-state index contributed by atoms with van der Waals surface area (Å²) in [5.41, 5.74) is 3.45. The Morgan fingerprint density at radius 3 is 2.87 bits per heavy atom. The second-order valence-electron chi connectivity index (χ2n) is 7.77. The van der Waals surface area contributed by atoms with Crippen LogP contribution in [0.4, 0.5) is 0 Å². The number of ether oxygens (including phenoxy) is 4. The molecule has 7 heteroatoms. The van der Waals surface area contributed by atoms with Crippen LogP contribution in [0, 0.1) is 6.92 Å². The number of rotatable bonds is 8. The van der Waals surface area contributed by atoms with Crippen LogP contribution in [-0.4, -0.2) is 45.2 Å². The molecule has 7 nitrogen and oxygen atoms in total. The Balaban J connectivity index is 1.36. The maximum Gasteiger partial charge on any atom is 0.231 e. The highest BCUT2D eigenvalue weighted by molar-refractivity contribution is 5.79. The Kier molecular flexibility index (Phi) is 7.14. The number of guanidine groups is 1. The van der Waals surface area contributed by atoms with Crippen LogP contribution in [0.25, 0.3) is 0 Å². The molecule has 4 rings (SSSR count). The van der Waals surface area contributed by atoms with E-state index in [1.807, 2.05) is 12.1 Å². The number of nitrogens with one attached hydrogen (secondary N) is 2. The zero-order valence-electron chi connectivity index (χ0n) is 18.3. The van der Waals surface area contributed by atoms with Crippen molar-refractivity contribution < 1.29 is 18.9 Å². The van der Waals surface area contributed by atoms with E-state index in [1.165, 1.54) is 11.1 Å². The van der Waals surface area contributed by atoms with Crippen molar-refractivity contribution in [2.45, 2.75) is 39.3 Å². The highest BCUT2D eigenvalue weighted by atomic mass is 16.7. The van der Waals surface area contributed by atoms with Gasteiger partial charge in [0.15, 0.2) is 17.5 Å². The second-order valence-corrected chi connectivity index (χ2v) is 7.77. The van der Waals surface area contributed by atoms with Gasteiger partial charge in [0.25, 0.3) is 0 Å². The highest BCUT2D eigenvalue weighted by Crippen LogP contribution is 2.32. The lowest BCUT2D eigenvalue weighted by atomic mass is 10.1. The summed E-state index contributed by atoms with van der Waals surface area (Å²) < 4.78 is 22.5. The average Bonchev–Trinajstić information content (AvgIpc) is 3.44. The topological polar surface area (TPSA) is 73.3 Å². The van der Waals surface area contributed by atoms with Crippen molar-refractivity contribution in [1.29, 1.82) is 0 Å². The van der Waals surface area contributed by atoms with Crippen molar-refractivity contribution in [1.82, 2.24) is 10.6 Å². The molecule has 2 aromatic carbocycles. The predicted octanol–water partition coefficient (Wildman–Crippen LogP) is 3.19. The first-order valence-corrected chi connectivity index (χ1v) is 11.0. The average molecular weight is 426 g/mol. The minimum Gasteiger partial charge on any atom is -0.488 e. The van der Waals surface area contributed by atoms with Gasteiger partial charge in [0.2, 0.25) is 6.79 Å². The molecular formula is C24H31N3O4. The van der Waals surface area contributed by atoms with Crippen molar-refractivity contribution in [2.24, 2.45) is 4.99 Å². The number of benzene rings is 2. The summed E-state index contributed by atoms with van der Waals surface area (Å²) in [6.07, 6.45) is 1.92. The van der Waals surface area contributed by atoms with Crippen LogP contribution in [0.3, 0.4) is 0 Å². The molecule has 0 radical (unpaired) electrons. The molecule has 2 aliphatic heterocycles. The third-order valence-electron chi connectivity index (χ3n) is 5.30. The summed E-state index contributed by atoms with van der Waals surface area (Å²) in [7, 11) is 0. The van der Waals surface area contributed by atoms with E-state index in [9.17, 15) is 0 Å². The van der Waals surface area contributed by atoms with Gasteiger partial charge in [-0.25, -0.2) is 4.99 Å². The van der Waals surface area contributed by atoms with Gasteiger partial charge in [0.05, 0.1) is 19.8 Å². The van der Waals surface area contributed by atoms with E-state index in [1.54, 1.807) is 0 Å². The van der Waals surface area contributed by atoms with Gasteiger partial charge in [-0.15, -0.1) is 0 Å². The number of hydrogen-bond acceptors (Lipinski definition) is 5. The summed E-state index contributed by atoms with van der Waals surface area (Å²) in [6, 6.07) is 12.4. The van der Waals surface area contributed by atoms with Crippen molar-refractivity contribution >= 4 is 5.96 Å². The van der Waals surface area contributed by atoms with Gasteiger partial charge in [-0.05, 0) is 49.6 Å². The molecule has 1 saturated heterocycles. The fourth-order valence-electron chi connectivity index (χ4n) is 3.62. The van der Waals surface area contributed by atoms with Gasteiger partial charge >= 0.3 is 0 Å². The summed E-state index contributed by atoms with van der Waals surface area (Å²) in [5, 5.41) is 6.74. The van der Waals surface area contributed by atoms with E-state index >= 15 is 0 Å². The first-order valence-electron chi connectivity index (χ1n) is 11.0. The first-order chi connectivity index (χ1) is 15.2. The molecule has 0 amide bonds. The summed E-state index contributed by atoms with van der Waals surface area (Å²) >= 11 is 0. The Bertz CT molecular complexity index is 910. The quantitative estimate of drug-likeness (QED) is 0.500. The fourth-order valence-corrected chi connectivity index (χ4v) is 3.62. The molecule has 0 aromatic heterocycles. The molecule has 0 bridgehead atoms. The molecule has 1 fully saturated rings. The Labute approximate surface area is 183 Å². The molecule has 0 spiro atoms. The number of aryl methyl sites for hydroxylation is 1. The second kappa shape index (κ2) is 10.4. The Morgan fingerprint density at radius 2 is 2.03 bits per heavy atom. The predicted molar refractivity (Wildman–Crippen MR) is 120 cm³/mol. The summed E-state index contributed by atoms with van der Waals surface area (Å²) in [5.74, 6) is 3.32. The number of fused-ring (bicyclic) bond motifs is 1.